The minimum absolute atomic E-state index is 0.199. The maximum atomic E-state index is 11.3. The van der Waals surface area contributed by atoms with Crippen LogP contribution in [0.1, 0.15) is 6.92 Å². The van der Waals surface area contributed by atoms with E-state index in [0.29, 0.717) is 5.95 Å². The van der Waals surface area contributed by atoms with Gasteiger partial charge in [0.05, 0.1) is 5.52 Å². The molecule has 1 amide bonds. The lowest BCUT2D eigenvalue weighted by Gasteiger charge is -2.20. The standard InChI is InChI=1S/C17H15BrN4O/c1-11(23)19-17-20-15-9-8-12(18)10-14(15)16(21-17)22(2)13-6-4-3-5-7-13/h3-10H,1-2H3,(H,19,20,21,23). The van der Waals surface area contributed by atoms with Gasteiger partial charge in [0, 0.05) is 29.5 Å². The predicted molar refractivity (Wildman–Crippen MR) is 96.0 cm³/mol. The first-order valence-electron chi connectivity index (χ1n) is 7.08. The van der Waals surface area contributed by atoms with Crippen LogP contribution in [0.2, 0.25) is 0 Å². The number of carbonyl (C=O) groups is 1. The van der Waals surface area contributed by atoms with E-state index < -0.39 is 0 Å². The number of aromatic nitrogens is 2. The van der Waals surface area contributed by atoms with Crippen LogP contribution in [0, 0.1) is 0 Å². The Labute approximate surface area is 142 Å². The zero-order valence-corrected chi connectivity index (χ0v) is 14.3. The van der Waals surface area contributed by atoms with E-state index in [2.05, 4.69) is 31.2 Å². The van der Waals surface area contributed by atoms with Crippen molar-refractivity contribution in [2.24, 2.45) is 0 Å². The lowest BCUT2D eigenvalue weighted by atomic mass is 10.2. The summed E-state index contributed by atoms with van der Waals surface area (Å²) in [6.07, 6.45) is 0. The van der Waals surface area contributed by atoms with E-state index in [9.17, 15) is 4.79 Å². The number of nitrogens with one attached hydrogen (secondary N) is 1. The van der Waals surface area contributed by atoms with Crippen LogP contribution in [0.3, 0.4) is 0 Å². The molecule has 0 unspecified atom stereocenters. The van der Waals surface area contributed by atoms with E-state index in [0.717, 1.165) is 26.9 Å². The summed E-state index contributed by atoms with van der Waals surface area (Å²) in [6.45, 7) is 1.44. The summed E-state index contributed by atoms with van der Waals surface area (Å²) in [5, 5.41) is 3.56. The maximum absolute atomic E-state index is 11.3. The van der Waals surface area contributed by atoms with Crippen molar-refractivity contribution in [3.63, 3.8) is 0 Å². The first-order valence-corrected chi connectivity index (χ1v) is 7.87. The smallest absolute Gasteiger partial charge is 0.231 e. The molecule has 0 aliphatic carbocycles. The van der Waals surface area contributed by atoms with Gasteiger partial charge in [-0.3, -0.25) is 10.1 Å². The maximum Gasteiger partial charge on any atom is 0.231 e. The number of amides is 1. The number of anilines is 3. The van der Waals surface area contributed by atoms with E-state index in [-0.39, 0.29) is 5.91 Å². The van der Waals surface area contributed by atoms with Crippen LogP contribution in [0.15, 0.2) is 53.0 Å². The SMILES string of the molecule is CC(=O)Nc1nc(N(C)c2ccccc2)c2cc(Br)ccc2n1. The summed E-state index contributed by atoms with van der Waals surface area (Å²) < 4.78 is 0.948. The molecule has 0 fully saturated rings. The normalized spacial score (nSPS) is 10.6. The molecule has 0 radical (unpaired) electrons. The monoisotopic (exact) mass is 370 g/mol. The number of hydrogen-bond acceptors (Lipinski definition) is 4. The quantitative estimate of drug-likeness (QED) is 0.753. The fourth-order valence-corrected chi connectivity index (χ4v) is 2.69. The molecule has 3 aromatic rings. The number of para-hydroxylation sites is 1. The van der Waals surface area contributed by atoms with Crippen molar-refractivity contribution >= 4 is 50.2 Å². The molecule has 2 aromatic carbocycles. The molecule has 1 heterocycles. The molecule has 0 aliphatic rings. The van der Waals surface area contributed by atoms with Gasteiger partial charge in [-0.05, 0) is 30.3 Å². The van der Waals surface area contributed by atoms with Gasteiger partial charge in [-0.25, -0.2) is 4.98 Å². The molecule has 0 atom stereocenters. The fourth-order valence-electron chi connectivity index (χ4n) is 2.33. The van der Waals surface area contributed by atoms with Gasteiger partial charge in [0.25, 0.3) is 0 Å². The average molecular weight is 371 g/mol. The van der Waals surface area contributed by atoms with Gasteiger partial charge in [-0.1, -0.05) is 34.1 Å². The van der Waals surface area contributed by atoms with Crippen LogP contribution in [0.5, 0.6) is 0 Å². The van der Waals surface area contributed by atoms with E-state index in [1.165, 1.54) is 6.92 Å². The van der Waals surface area contributed by atoms with Gasteiger partial charge in [-0.2, -0.15) is 4.98 Å². The number of nitrogens with zero attached hydrogens (tertiary/aromatic N) is 3. The second kappa shape index (κ2) is 6.34. The number of rotatable bonds is 3. The molecule has 0 saturated carbocycles. The van der Waals surface area contributed by atoms with Crippen LogP contribution < -0.4 is 10.2 Å². The molecular formula is C17H15BrN4O. The van der Waals surface area contributed by atoms with Gasteiger partial charge in [-0.15, -0.1) is 0 Å². The Hall–Kier alpha value is -2.47. The Balaban J connectivity index is 2.19. The molecule has 116 valence electrons. The van der Waals surface area contributed by atoms with Crippen molar-refractivity contribution in [1.82, 2.24) is 9.97 Å². The van der Waals surface area contributed by atoms with Crippen molar-refractivity contribution in [3.05, 3.63) is 53.0 Å². The fraction of sp³-hybridized carbons (Fsp3) is 0.118. The first kappa shape index (κ1) is 15.4. The van der Waals surface area contributed by atoms with E-state index in [1.54, 1.807) is 0 Å². The third-order valence-electron chi connectivity index (χ3n) is 3.39. The van der Waals surface area contributed by atoms with Crippen molar-refractivity contribution in [2.45, 2.75) is 6.92 Å². The Morgan fingerprint density at radius 1 is 1.13 bits per heavy atom. The van der Waals surface area contributed by atoms with E-state index in [4.69, 9.17) is 0 Å². The predicted octanol–water partition coefficient (Wildman–Crippen LogP) is 4.12. The Morgan fingerprint density at radius 2 is 1.87 bits per heavy atom. The second-order valence-corrected chi connectivity index (χ2v) is 6.02. The highest BCUT2D eigenvalue weighted by molar-refractivity contribution is 9.10. The van der Waals surface area contributed by atoms with Gasteiger partial charge < -0.3 is 4.90 Å². The second-order valence-electron chi connectivity index (χ2n) is 5.11. The van der Waals surface area contributed by atoms with E-state index >= 15 is 0 Å². The Kier molecular flexibility index (Phi) is 4.25. The van der Waals surface area contributed by atoms with Gasteiger partial charge in [0.2, 0.25) is 11.9 Å². The molecule has 6 heteroatoms. The van der Waals surface area contributed by atoms with Crippen LogP contribution in [-0.4, -0.2) is 22.9 Å². The highest BCUT2D eigenvalue weighted by Crippen LogP contribution is 2.31. The zero-order valence-electron chi connectivity index (χ0n) is 12.7. The molecule has 0 aliphatic heterocycles. The third kappa shape index (κ3) is 3.32. The Morgan fingerprint density at radius 3 is 2.57 bits per heavy atom. The zero-order chi connectivity index (χ0) is 16.4. The van der Waals surface area contributed by atoms with Crippen LogP contribution in [0.25, 0.3) is 10.9 Å². The first-order chi connectivity index (χ1) is 11.0. The van der Waals surface area contributed by atoms with Crippen molar-refractivity contribution < 1.29 is 4.79 Å². The van der Waals surface area contributed by atoms with Gasteiger partial charge >= 0.3 is 0 Å². The minimum Gasteiger partial charge on any atom is -0.329 e. The largest absolute Gasteiger partial charge is 0.329 e. The lowest BCUT2D eigenvalue weighted by molar-refractivity contribution is -0.114. The van der Waals surface area contributed by atoms with Gasteiger partial charge in [0.15, 0.2) is 0 Å². The molecular weight excluding hydrogens is 356 g/mol. The topological polar surface area (TPSA) is 58.1 Å². The molecule has 5 nitrogen and oxygen atoms in total. The van der Waals surface area contributed by atoms with Crippen molar-refractivity contribution in [1.29, 1.82) is 0 Å². The summed E-state index contributed by atoms with van der Waals surface area (Å²) in [4.78, 5) is 22.2. The summed E-state index contributed by atoms with van der Waals surface area (Å²) in [7, 11) is 1.94. The highest BCUT2D eigenvalue weighted by atomic mass is 79.9. The molecule has 0 saturated heterocycles. The number of benzene rings is 2. The molecule has 23 heavy (non-hydrogen) atoms. The average Bonchev–Trinajstić information content (AvgIpc) is 2.54. The summed E-state index contributed by atoms with van der Waals surface area (Å²) in [6, 6.07) is 15.7. The highest BCUT2D eigenvalue weighted by Gasteiger charge is 2.14. The number of hydrogen-bond donors (Lipinski definition) is 1. The van der Waals surface area contributed by atoms with Crippen molar-refractivity contribution in [3.8, 4) is 0 Å². The molecule has 3 rings (SSSR count). The summed E-state index contributed by atoms with van der Waals surface area (Å²) in [5.41, 5.74) is 1.77. The summed E-state index contributed by atoms with van der Waals surface area (Å²) >= 11 is 3.49. The third-order valence-corrected chi connectivity index (χ3v) is 3.88. The molecule has 0 bridgehead atoms. The minimum atomic E-state index is -0.199. The number of halogens is 1. The van der Waals surface area contributed by atoms with E-state index in [1.807, 2.05) is 60.5 Å². The molecule has 1 aromatic heterocycles. The Bertz CT molecular complexity index is 867. The molecule has 1 N–H and O–H groups in total. The van der Waals surface area contributed by atoms with Crippen molar-refractivity contribution in [2.75, 3.05) is 17.3 Å². The van der Waals surface area contributed by atoms with Crippen LogP contribution in [-0.2, 0) is 4.79 Å². The van der Waals surface area contributed by atoms with Gasteiger partial charge in [0.1, 0.15) is 5.82 Å². The van der Waals surface area contributed by atoms with Crippen LogP contribution >= 0.6 is 15.9 Å². The molecule has 0 spiro atoms. The lowest BCUT2D eigenvalue weighted by Crippen LogP contribution is -2.15. The summed E-state index contributed by atoms with van der Waals surface area (Å²) in [5.74, 6) is 0.825. The number of fused-ring (bicyclic) bond motifs is 1. The number of carbonyl (C=O) groups excluding carboxylic acids is 1. The van der Waals surface area contributed by atoms with Crippen LogP contribution in [0.4, 0.5) is 17.5 Å².